The average Bonchev–Trinajstić information content (AvgIpc) is 3.05. The molecule has 27 heavy (non-hydrogen) atoms. The number of ether oxygens (including phenoxy) is 1. The first-order chi connectivity index (χ1) is 12.6. The number of fused-ring (bicyclic) bond motifs is 1. The Hall–Kier alpha value is -2.68. The third kappa shape index (κ3) is 2.82. The lowest BCUT2D eigenvalue weighted by molar-refractivity contribution is -0.194. The van der Waals surface area contributed by atoms with Gasteiger partial charge in [-0.25, -0.2) is 14.3 Å². The highest BCUT2D eigenvalue weighted by atomic mass is 16.5. The molecule has 9 heteroatoms. The molecule has 2 aromatic rings. The van der Waals surface area contributed by atoms with Crippen molar-refractivity contribution in [1.82, 2.24) is 19.9 Å². The molecule has 9 nitrogen and oxygen atoms in total. The highest BCUT2D eigenvalue weighted by molar-refractivity contribution is 5.90. The minimum Gasteiger partial charge on any atom is -0.479 e. The molecule has 1 aliphatic rings. The minimum absolute atomic E-state index is 0.181. The number of carbonyl (C=O) groups excluding carboxylic acids is 1. The molecule has 0 aromatic carbocycles. The van der Waals surface area contributed by atoms with Gasteiger partial charge < -0.3 is 15.2 Å². The first-order valence-corrected chi connectivity index (χ1v) is 8.85. The Morgan fingerprint density at radius 1 is 1.48 bits per heavy atom. The van der Waals surface area contributed by atoms with E-state index in [2.05, 4.69) is 15.4 Å². The zero-order valence-corrected chi connectivity index (χ0v) is 15.8. The number of aromatic amines is 1. The van der Waals surface area contributed by atoms with E-state index in [1.54, 1.807) is 33.0 Å². The van der Waals surface area contributed by atoms with Gasteiger partial charge in [0, 0.05) is 42.0 Å². The molecule has 2 atom stereocenters. The van der Waals surface area contributed by atoms with Crippen molar-refractivity contribution in [1.29, 1.82) is 0 Å². The summed E-state index contributed by atoms with van der Waals surface area (Å²) in [7, 11) is 0. The van der Waals surface area contributed by atoms with Crippen LogP contribution in [0.2, 0.25) is 0 Å². The summed E-state index contributed by atoms with van der Waals surface area (Å²) in [5, 5.41) is 15.2. The number of rotatable bonds is 6. The molecular formula is C18H24N4O5. The van der Waals surface area contributed by atoms with Gasteiger partial charge in [0.05, 0.1) is 12.5 Å². The number of hydrogen-bond donors (Lipinski definition) is 3. The third-order valence-corrected chi connectivity index (χ3v) is 5.66. The van der Waals surface area contributed by atoms with Gasteiger partial charge in [-0.3, -0.25) is 14.7 Å². The fourth-order valence-electron chi connectivity index (χ4n) is 3.79. The van der Waals surface area contributed by atoms with Gasteiger partial charge in [0.1, 0.15) is 5.54 Å². The van der Waals surface area contributed by atoms with E-state index in [0.717, 1.165) is 0 Å². The number of nitrogens with zero attached hydrogens (tertiary/aromatic N) is 2. The number of nitrogens with one attached hydrogen (secondary N) is 2. The molecule has 2 heterocycles. The first kappa shape index (κ1) is 19.1. The van der Waals surface area contributed by atoms with Crippen LogP contribution in [0.3, 0.4) is 0 Å². The molecule has 3 N–H and O–H groups in total. The normalized spacial score (nSPS) is 23.8. The van der Waals surface area contributed by atoms with Gasteiger partial charge in [-0.05, 0) is 13.8 Å². The van der Waals surface area contributed by atoms with E-state index in [1.165, 1.54) is 4.52 Å². The van der Waals surface area contributed by atoms with Gasteiger partial charge in [-0.1, -0.05) is 13.8 Å². The van der Waals surface area contributed by atoms with Crippen LogP contribution in [-0.2, 0) is 20.7 Å². The van der Waals surface area contributed by atoms with Crippen LogP contribution in [0.4, 0.5) is 0 Å². The fourth-order valence-corrected chi connectivity index (χ4v) is 3.79. The van der Waals surface area contributed by atoms with Crippen molar-refractivity contribution >= 4 is 17.5 Å². The van der Waals surface area contributed by atoms with Crippen LogP contribution in [-0.4, -0.2) is 49.8 Å². The zero-order chi connectivity index (χ0) is 20.0. The lowest BCUT2D eigenvalue weighted by Gasteiger charge is -2.58. The number of hydrogen-bond acceptors (Lipinski definition) is 5. The van der Waals surface area contributed by atoms with Gasteiger partial charge in [-0.15, -0.1) is 0 Å². The molecule has 1 amide bonds. The van der Waals surface area contributed by atoms with E-state index in [-0.39, 0.29) is 30.1 Å². The third-order valence-electron chi connectivity index (χ3n) is 5.66. The van der Waals surface area contributed by atoms with Crippen molar-refractivity contribution in [3.05, 3.63) is 33.9 Å². The topological polar surface area (TPSA) is 126 Å². The van der Waals surface area contributed by atoms with Gasteiger partial charge in [0.25, 0.3) is 5.56 Å². The lowest BCUT2D eigenvalue weighted by atomic mass is 9.54. The van der Waals surface area contributed by atoms with E-state index < -0.39 is 22.8 Å². The summed E-state index contributed by atoms with van der Waals surface area (Å²) in [5.41, 5.74) is -1.45. The van der Waals surface area contributed by atoms with Crippen LogP contribution in [0.15, 0.2) is 17.1 Å². The van der Waals surface area contributed by atoms with Crippen molar-refractivity contribution in [2.24, 2.45) is 5.41 Å². The monoisotopic (exact) mass is 376 g/mol. The Kier molecular flexibility index (Phi) is 4.59. The Bertz CT molecular complexity index is 960. The van der Waals surface area contributed by atoms with Crippen molar-refractivity contribution in [3.8, 4) is 0 Å². The Balaban J connectivity index is 1.85. The summed E-state index contributed by atoms with van der Waals surface area (Å²) in [6.07, 6.45) is 1.25. The Morgan fingerprint density at radius 2 is 2.19 bits per heavy atom. The van der Waals surface area contributed by atoms with Gasteiger partial charge in [-0.2, -0.15) is 0 Å². The number of aryl methyl sites for hydroxylation is 1. The van der Waals surface area contributed by atoms with E-state index >= 15 is 0 Å². The number of carboxylic acids is 1. The number of carboxylic acid groups (broad SMARTS) is 1. The zero-order valence-electron chi connectivity index (χ0n) is 15.8. The van der Waals surface area contributed by atoms with E-state index in [9.17, 15) is 19.5 Å². The van der Waals surface area contributed by atoms with Crippen LogP contribution in [0.1, 0.15) is 38.4 Å². The standard InChI is InChI=1S/C18H24N4O5/c1-5-27-12-9-18(16(25)26,17(12,3)4)21-14(23)8-11-10(2)20-13-6-7-19-22(13)15(11)24/h6-7,12,19H,5,8-9H2,1-4H3,(H,21,23)(H,25,26). The summed E-state index contributed by atoms with van der Waals surface area (Å²) in [4.78, 5) is 41.5. The molecule has 2 unspecified atom stereocenters. The number of H-pyrrole nitrogens is 1. The van der Waals surface area contributed by atoms with Crippen molar-refractivity contribution in [2.45, 2.75) is 52.2 Å². The van der Waals surface area contributed by atoms with Gasteiger partial charge in [0.15, 0.2) is 5.65 Å². The van der Waals surface area contributed by atoms with Crippen LogP contribution in [0.25, 0.3) is 5.65 Å². The van der Waals surface area contributed by atoms with Gasteiger partial charge in [0.2, 0.25) is 5.91 Å². The predicted octanol–water partition coefficient (Wildman–Crippen LogP) is 0.648. The van der Waals surface area contributed by atoms with E-state index in [4.69, 9.17) is 4.74 Å². The van der Waals surface area contributed by atoms with E-state index in [0.29, 0.717) is 17.9 Å². The number of amides is 1. The number of carbonyl (C=O) groups is 2. The van der Waals surface area contributed by atoms with Crippen LogP contribution in [0, 0.1) is 12.3 Å². The largest absolute Gasteiger partial charge is 0.479 e. The molecule has 0 saturated heterocycles. The van der Waals surface area contributed by atoms with Crippen LogP contribution >= 0.6 is 0 Å². The van der Waals surface area contributed by atoms with Crippen LogP contribution in [0.5, 0.6) is 0 Å². The Labute approximate surface area is 155 Å². The molecule has 146 valence electrons. The molecule has 0 spiro atoms. The minimum atomic E-state index is -1.43. The predicted molar refractivity (Wildman–Crippen MR) is 96.6 cm³/mol. The van der Waals surface area contributed by atoms with Crippen molar-refractivity contribution < 1.29 is 19.4 Å². The maximum absolute atomic E-state index is 12.7. The summed E-state index contributed by atoms with van der Waals surface area (Å²) in [5.74, 6) is -1.64. The summed E-state index contributed by atoms with van der Waals surface area (Å²) in [6.45, 7) is 7.49. The van der Waals surface area contributed by atoms with Crippen molar-refractivity contribution in [2.75, 3.05) is 6.61 Å². The van der Waals surface area contributed by atoms with Crippen LogP contribution < -0.4 is 10.9 Å². The molecule has 1 fully saturated rings. The lowest BCUT2D eigenvalue weighted by Crippen LogP contribution is -2.76. The second-order valence-electron chi connectivity index (χ2n) is 7.44. The molecule has 0 aliphatic heterocycles. The quantitative estimate of drug-likeness (QED) is 0.680. The maximum atomic E-state index is 12.7. The summed E-state index contributed by atoms with van der Waals surface area (Å²) >= 11 is 0. The van der Waals surface area contributed by atoms with Crippen molar-refractivity contribution in [3.63, 3.8) is 0 Å². The summed E-state index contributed by atoms with van der Waals surface area (Å²) in [6, 6.07) is 1.66. The Morgan fingerprint density at radius 3 is 2.78 bits per heavy atom. The SMILES string of the molecule is CCOC1CC(NC(=O)Cc2c(C)nc3cc[nH]n3c2=O)(C(=O)O)C1(C)C. The molecule has 3 rings (SSSR count). The number of aliphatic carboxylic acids is 1. The highest BCUT2D eigenvalue weighted by Crippen LogP contribution is 2.51. The average molecular weight is 376 g/mol. The number of aromatic nitrogens is 3. The fraction of sp³-hybridized carbons (Fsp3) is 0.556. The second kappa shape index (κ2) is 6.49. The van der Waals surface area contributed by atoms with Gasteiger partial charge >= 0.3 is 5.97 Å². The highest BCUT2D eigenvalue weighted by Gasteiger charge is 2.66. The molecule has 0 bridgehead atoms. The molecule has 0 radical (unpaired) electrons. The second-order valence-corrected chi connectivity index (χ2v) is 7.44. The maximum Gasteiger partial charge on any atom is 0.330 e. The molecule has 1 saturated carbocycles. The smallest absolute Gasteiger partial charge is 0.330 e. The molecular weight excluding hydrogens is 352 g/mol. The first-order valence-electron chi connectivity index (χ1n) is 8.85. The van der Waals surface area contributed by atoms with E-state index in [1.807, 2.05) is 6.92 Å². The summed E-state index contributed by atoms with van der Waals surface area (Å²) < 4.78 is 6.84. The molecule has 2 aromatic heterocycles. The molecule has 1 aliphatic carbocycles.